The summed E-state index contributed by atoms with van der Waals surface area (Å²) in [5.74, 6) is 0.0123. The lowest BCUT2D eigenvalue weighted by Gasteiger charge is -2.29. The molecule has 1 fully saturated rings. The van der Waals surface area contributed by atoms with Crippen molar-refractivity contribution in [1.29, 1.82) is 0 Å². The molecule has 9 heteroatoms. The van der Waals surface area contributed by atoms with Crippen LogP contribution in [-0.4, -0.2) is 31.1 Å². The fraction of sp³-hybridized carbons (Fsp3) is 0.115. The van der Waals surface area contributed by atoms with Crippen LogP contribution in [0.15, 0.2) is 72.3 Å². The standard InChI is InChI=1S/C26H21ClN2O5S/c1-32-21-13-17(14-22(23(21)33-2)34-15-16-6-4-3-5-7-16)12-20-24(30)28-26(35)29(25(20)31)19-10-8-18(27)9-11-19/h3-14H,15H2,1-2H3,(H,28,30,35)/b20-12-. The first-order valence-corrected chi connectivity index (χ1v) is 11.3. The average molecular weight is 509 g/mol. The summed E-state index contributed by atoms with van der Waals surface area (Å²) in [6.07, 6.45) is 1.46. The van der Waals surface area contributed by atoms with Crippen molar-refractivity contribution in [2.75, 3.05) is 19.1 Å². The summed E-state index contributed by atoms with van der Waals surface area (Å²) in [4.78, 5) is 27.2. The van der Waals surface area contributed by atoms with E-state index < -0.39 is 11.8 Å². The van der Waals surface area contributed by atoms with Crippen molar-refractivity contribution in [3.05, 3.63) is 88.5 Å². The molecule has 0 spiro atoms. The van der Waals surface area contributed by atoms with Crippen LogP contribution in [0.5, 0.6) is 17.2 Å². The van der Waals surface area contributed by atoms with Gasteiger partial charge in [-0.1, -0.05) is 41.9 Å². The molecule has 0 bridgehead atoms. The van der Waals surface area contributed by atoms with Crippen molar-refractivity contribution in [3.63, 3.8) is 0 Å². The lowest BCUT2D eigenvalue weighted by Crippen LogP contribution is -2.54. The molecule has 0 aromatic heterocycles. The van der Waals surface area contributed by atoms with Gasteiger partial charge in [0.05, 0.1) is 19.9 Å². The van der Waals surface area contributed by atoms with Crippen molar-refractivity contribution in [2.45, 2.75) is 6.61 Å². The van der Waals surface area contributed by atoms with E-state index in [2.05, 4.69) is 5.32 Å². The minimum absolute atomic E-state index is 0.0151. The lowest BCUT2D eigenvalue weighted by molar-refractivity contribution is -0.122. The van der Waals surface area contributed by atoms with Gasteiger partial charge in [0.15, 0.2) is 16.6 Å². The van der Waals surface area contributed by atoms with Crippen molar-refractivity contribution in [2.24, 2.45) is 0 Å². The fourth-order valence-electron chi connectivity index (χ4n) is 3.52. The molecule has 0 saturated carbocycles. The highest BCUT2D eigenvalue weighted by molar-refractivity contribution is 7.80. The number of carbonyl (C=O) groups excluding carboxylic acids is 2. The minimum Gasteiger partial charge on any atom is -0.493 e. The third kappa shape index (κ3) is 5.29. The maximum absolute atomic E-state index is 13.3. The monoisotopic (exact) mass is 508 g/mol. The second-order valence-corrected chi connectivity index (χ2v) is 8.29. The highest BCUT2D eigenvalue weighted by Crippen LogP contribution is 2.39. The van der Waals surface area contributed by atoms with Crippen LogP contribution in [-0.2, 0) is 16.2 Å². The number of carbonyl (C=O) groups is 2. The summed E-state index contributed by atoms with van der Waals surface area (Å²) < 4.78 is 17.0. The number of hydrogen-bond donors (Lipinski definition) is 1. The number of amides is 2. The van der Waals surface area contributed by atoms with Gasteiger partial charge < -0.3 is 14.2 Å². The topological polar surface area (TPSA) is 77.1 Å². The smallest absolute Gasteiger partial charge is 0.270 e. The van der Waals surface area contributed by atoms with Gasteiger partial charge in [0.2, 0.25) is 5.75 Å². The third-order valence-electron chi connectivity index (χ3n) is 5.20. The van der Waals surface area contributed by atoms with Crippen molar-refractivity contribution < 1.29 is 23.8 Å². The number of methoxy groups -OCH3 is 2. The normalized spacial score (nSPS) is 14.7. The van der Waals surface area contributed by atoms with E-state index in [0.29, 0.717) is 40.1 Å². The van der Waals surface area contributed by atoms with Crippen molar-refractivity contribution >= 4 is 52.5 Å². The van der Waals surface area contributed by atoms with E-state index in [1.165, 1.54) is 25.2 Å². The second kappa shape index (κ2) is 10.6. The van der Waals surface area contributed by atoms with E-state index in [9.17, 15) is 9.59 Å². The first-order valence-electron chi connectivity index (χ1n) is 10.5. The Labute approximate surface area is 212 Å². The average Bonchev–Trinajstić information content (AvgIpc) is 2.86. The van der Waals surface area contributed by atoms with Gasteiger partial charge in [0.25, 0.3) is 11.8 Å². The lowest BCUT2D eigenvalue weighted by atomic mass is 10.1. The molecule has 3 aromatic carbocycles. The van der Waals surface area contributed by atoms with Gasteiger partial charge in [-0.05, 0) is 65.8 Å². The Hall–Kier alpha value is -3.88. The zero-order valence-corrected chi connectivity index (χ0v) is 20.5. The Bertz CT molecular complexity index is 1310. The van der Waals surface area contributed by atoms with Crippen LogP contribution in [0.3, 0.4) is 0 Å². The molecule has 0 aliphatic carbocycles. The summed E-state index contributed by atoms with van der Waals surface area (Å²) in [5, 5.41) is 3.06. The molecule has 178 valence electrons. The molecule has 1 saturated heterocycles. The Morgan fingerprint density at radius 1 is 0.971 bits per heavy atom. The molecule has 1 heterocycles. The summed E-state index contributed by atoms with van der Waals surface area (Å²) >= 11 is 11.2. The number of benzene rings is 3. The van der Waals surface area contributed by atoms with Crippen LogP contribution in [0.1, 0.15) is 11.1 Å². The predicted octanol–water partition coefficient (Wildman–Crippen LogP) is 4.77. The first-order chi connectivity index (χ1) is 16.9. The van der Waals surface area contributed by atoms with Gasteiger partial charge in [-0.2, -0.15) is 0 Å². The molecular formula is C26H21ClN2O5S. The van der Waals surface area contributed by atoms with E-state index in [0.717, 1.165) is 5.56 Å². The maximum Gasteiger partial charge on any atom is 0.270 e. The van der Waals surface area contributed by atoms with Crippen LogP contribution in [0.25, 0.3) is 6.08 Å². The third-order valence-corrected chi connectivity index (χ3v) is 5.74. The molecule has 0 unspecified atom stereocenters. The fourth-order valence-corrected chi connectivity index (χ4v) is 3.93. The molecule has 4 rings (SSSR count). The van der Waals surface area contributed by atoms with Gasteiger partial charge in [0, 0.05) is 5.02 Å². The van der Waals surface area contributed by atoms with E-state index in [1.807, 2.05) is 30.3 Å². The van der Waals surface area contributed by atoms with E-state index in [4.69, 9.17) is 38.0 Å². The summed E-state index contributed by atoms with van der Waals surface area (Å²) in [6, 6.07) is 19.5. The van der Waals surface area contributed by atoms with Gasteiger partial charge in [-0.15, -0.1) is 0 Å². The van der Waals surface area contributed by atoms with Crippen LogP contribution in [0.2, 0.25) is 5.02 Å². The molecular weight excluding hydrogens is 488 g/mol. The maximum atomic E-state index is 13.3. The largest absolute Gasteiger partial charge is 0.493 e. The summed E-state index contributed by atoms with van der Waals surface area (Å²) in [6.45, 7) is 0.290. The number of halogens is 1. The predicted molar refractivity (Wildman–Crippen MR) is 138 cm³/mol. The molecule has 2 amide bonds. The Balaban J connectivity index is 1.70. The number of anilines is 1. The zero-order valence-electron chi connectivity index (χ0n) is 18.9. The Morgan fingerprint density at radius 3 is 2.31 bits per heavy atom. The first kappa shape index (κ1) is 24.3. The van der Waals surface area contributed by atoms with Gasteiger partial charge in [0.1, 0.15) is 12.2 Å². The number of nitrogens with one attached hydrogen (secondary N) is 1. The molecule has 7 nitrogen and oxygen atoms in total. The highest BCUT2D eigenvalue weighted by Gasteiger charge is 2.34. The van der Waals surface area contributed by atoms with Crippen molar-refractivity contribution in [1.82, 2.24) is 5.32 Å². The van der Waals surface area contributed by atoms with Crippen LogP contribution in [0, 0.1) is 0 Å². The SMILES string of the molecule is COc1cc(/C=C2/C(=O)NC(=S)N(c3ccc(Cl)cc3)C2=O)cc(OCc2ccccc2)c1OC. The number of nitrogens with zero attached hydrogens (tertiary/aromatic N) is 1. The molecule has 35 heavy (non-hydrogen) atoms. The van der Waals surface area contributed by atoms with Crippen LogP contribution < -0.4 is 24.4 Å². The number of hydrogen-bond acceptors (Lipinski definition) is 6. The van der Waals surface area contributed by atoms with E-state index in [1.54, 1.807) is 36.4 Å². The highest BCUT2D eigenvalue weighted by atomic mass is 35.5. The van der Waals surface area contributed by atoms with Gasteiger partial charge in [-0.25, -0.2) is 0 Å². The van der Waals surface area contributed by atoms with Crippen LogP contribution in [0.4, 0.5) is 5.69 Å². The van der Waals surface area contributed by atoms with E-state index in [-0.39, 0.29) is 10.7 Å². The Kier molecular flexibility index (Phi) is 7.33. The minimum atomic E-state index is -0.605. The molecule has 1 N–H and O–H groups in total. The quantitative estimate of drug-likeness (QED) is 0.281. The van der Waals surface area contributed by atoms with Gasteiger partial charge >= 0.3 is 0 Å². The Morgan fingerprint density at radius 2 is 1.66 bits per heavy atom. The summed E-state index contributed by atoms with van der Waals surface area (Å²) in [5.41, 5.74) is 1.85. The molecule has 0 atom stereocenters. The number of ether oxygens (including phenoxy) is 3. The van der Waals surface area contributed by atoms with Gasteiger partial charge in [-0.3, -0.25) is 19.8 Å². The van der Waals surface area contributed by atoms with Crippen LogP contribution >= 0.6 is 23.8 Å². The van der Waals surface area contributed by atoms with Crippen molar-refractivity contribution in [3.8, 4) is 17.2 Å². The molecule has 1 aliphatic rings. The second-order valence-electron chi connectivity index (χ2n) is 7.46. The summed E-state index contributed by atoms with van der Waals surface area (Å²) in [7, 11) is 3.00. The zero-order chi connectivity index (χ0) is 24.9. The molecule has 3 aromatic rings. The number of thiocarbonyl (C=S) groups is 1. The molecule has 1 aliphatic heterocycles. The molecule has 0 radical (unpaired) electrons. The van der Waals surface area contributed by atoms with E-state index >= 15 is 0 Å². The number of rotatable bonds is 7.